The molecule has 2 N–H and O–H groups in total. The minimum Gasteiger partial charge on any atom is -0.465 e. The van der Waals surface area contributed by atoms with E-state index in [2.05, 4.69) is 17.2 Å². The van der Waals surface area contributed by atoms with Gasteiger partial charge in [-0.05, 0) is 38.1 Å². The number of benzene rings is 1. The molecule has 0 aliphatic heterocycles. The molecule has 0 aliphatic rings. The van der Waals surface area contributed by atoms with E-state index < -0.39 is 0 Å². The number of nitrogens with one attached hydrogen (secondary N) is 1. The maximum atomic E-state index is 12.3. The van der Waals surface area contributed by atoms with Crippen molar-refractivity contribution in [2.24, 2.45) is 0 Å². The van der Waals surface area contributed by atoms with Crippen molar-refractivity contribution in [3.05, 3.63) is 58.5 Å². The lowest BCUT2D eigenvalue weighted by Gasteiger charge is -2.07. The molecular weight excluding hydrogens is 266 g/mol. The van der Waals surface area contributed by atoms with Gasteiger partial charge in [-0.15, -0.1) is 0 Å². The van der Waals surface area contributed by atoms with Gasteiger partial charge in [0.2, 0.25) is 0 Å². The Morgan fingerprint density at radius 3 is 2.76 bits per heavy atom. The van der Waals surface area contributed by atoms with Gasteiger partial charge in [-0.25, -0.2) is 0 Å². The lowest BCUT2D eigenvalue weighted by atomic mass is 10.0. The van der Waals surface area contributed by atoms with Crippen molar-refractivity contribution in [1.82, 2.24) is 5.32 Å². The van der Waals surface area contributed by atoms with Gasteiger partial charge < -0.3 is 14.8 Å². The highest BCUT2D eigenvalue weighted by atomic mass is 16.3. The number of carbonyl (C=O) groups excluding carboxylic acids is 1. The van der Waals surface area contributed by atoms with Crippen molar-refractivity contribution in [3.8, 4) is 11.8 Å². The highest BCUT2D eigenvalue weighted by Gasteiger charge is 2.11. The number of aliphatic hydroxyl groups excluding tert-OH is 1. The lowest BCUT2D eigenvalue weighted by Crippen LogP contribution is -2.23. The maximum absolute atomic E-state index is 12.3. The number of carbonyl (C=O) groups is 1. The predicted molar refractivity (Wildman–Crippen MR) is 79.8 cm³/mol. The van der Waals surface area contributed by atoms with Crippen LogP contribution in [0.5, 0.6) is 0 Å². The molecule has 2 rings (SSSR count). The SMILES string of the molecule is Cc1ccc(C#CCO)c(C(=O)NCc2ccc(C)o2)c1. The molecule has 4 nitrogen and oxygen atoms in total. The van der Waals surface area contributed by atoms with E-state index in [4.69, 9.17) is 9.52 Å². The van der Waals surface area contributed by atoms with Gasteiger partial charge in [-0.2, -0.15) is 0 Å². The topological polar surface area (TPSA) is 62.5 Å². The molecule has 1 aromatic carbocycles. The summed E-state index contributed by atoms with van der Waals surface area (Å²) < 4.78 is 5.41. The van der Waals surface area contributed by atoms with Crippen LogP contribution in [-0.2, 0) is 6.54 Å². The maximum Gasteiger partial charge on any atom is 0.252 e. The molecule has 108 valence electrons. The van der Waals surface area contributed by atoms with Gasteiger partial charge in [0.05, 0.1) is 12.1 Å². The van der Waals surface area contributed by atoms with Crippen molar-refractivity contribution in [1.29, 1.82) is 0 Å². The quantitative estimate of drug-likeness (QED) is 0.849. The van der Waals surface area contributed by atoms with Crippen LogP contribution >= 0.6 is 0 Å². The summed E-state index contributed by atoms with van der Waals surface area (Å²) in [7, 11) is 0. The molecule has 21 heavy (non-hydrogen) atoms. The van der Waals surface area contributed by atoms with E-state index in [1.807, 2.05) is 32.0 Å². The van der Waals surface area contributed by atoms with Crippen LogP contribution < -0.4 is 5.32 Å². The minimum atomic E-state index is -0.236. The van der Waals surface area contributed by atoms with Gasteiger partial charge >= 0.3 is 0 Å². The largest absolute Gasteiger partial charge is 0.465 e. The monoisotopic (exact) mass is 283 g/mol. The van der Waals surface area contributed by atoms with Crippen LogP contribution in [0.3, 0.4) is 0 Å². The molecule has 2 aromatic rings. The highest BCUT2D eigenvalue weighted by molar-refractivity contribution is 5.96. The number of aliphatic hydroxyl groups is 1. The average Bonchev–Trinajstić information content (AvgIpc) is 2.89. The number of furan rings is 1. The first-order valence-electron chi connectivity index (χ1n) is 6.64. The fourth-order valence-corrected chi connectivity index (χ4v) is 1.93. The number of hydrogen-bond donors (Lipinski definition) is 2. The van der Waals surface area contributed by atoms with E-state index in [0.717, 1.165) is 11.3 Å². The van der Waals surface area contributed by atoms with Gasteiger partial charge in [0, 0.05) is 5.56 Å². The van der Waals surface area contributed by atoms with E-state index in [1.54, 1.807) is 12.1 Å². The third kappa shape index (κ3) is 3.98. The third-order valence-corrected chi connectivity index (χ3v) is 2.94. The molecule has 0 spiro atoms. The molecule has 0 radical (unpaired) electrons. The Balaban J connectivity index is 2.15. The predicted octanol–water partition coefficient (Wildman–Crippen LogP) is 2.17. The first-order chi connectivity index (χ1) is 10.1. The van der Waals surface area contributed by atoms with Gasteiger partial charge in [-0.3, -0.25) is 4.79 Å². The van der Waals surface area contributed by atoms with Crippen LogP contribution in [0.2, 0.25) is 0 Å². The van der Waals surface area contributed by atoms with Crippen LogP contribution in [0.15, 0.2) is 34.7 Å². The van der Waals surface area contributed by atoms with E-state index in [0.29, 0.717) is 23.4 Å². The highest BCUT2D eigenvalue weighted by Crippen LogP contribution is 2.12. The Morgan fingerprint density at radius 2 is 2.10 bits per heavy atom. The zero-order valence-electron chi connectivity index (χ0n) is 12.1. The average molecular weight is 283 g/mol. The zero-order chi connectivity index (χ0) is 15.2. The molecule has 1 aromatic heterocycles. The number of aryl methyl sites for hydroxylation is 2. The van der Waals surface area contributed by atoms with E-state index in [-0.39, 0.29) is 12.5 Å². The summed E-state index contributed by atoms with van der Waals surface area (Å²) in [6.45, 7) is 3.86. The Bertz CT molecular complexity index is 704. The summed E-state index contributed by atoms with van der Waals surface area (Å²) >= 11 is 0. The second-order valence-corrected chi connectivity index (χ2v) is 4.70. The van der Waals surface area contributed by atoms with Crippen LogP contribution in [-0.4, -0.2) is 17.6 Å². The normalized spacial score (nSPS) is 9.86. The van der Waals surface area contributed by atoms with Crippen LogP contribution in [0.4, 0.5) is 0 Å². The van der Waals surface area contributed by atoms with Gasteiger partial charge in [0.25, 0.3) is 5.91 Å². The first kappa shape index (κ1) is 14.9. The van der Waals surface area contributed by atoms with E-state index >= 15 is 0 Å². The molecule has 1 amide bonds. The zero-order valence-corrected chi connectivity index (χ0v) is 12.1. The van der Waals surface area contributed by atoms with Crippen molar-refractivity contribution < 1.29 is 14.3 Å². The summed E-state index contributed by atoms with van der Waals surface area (Å²) in [6.07, 6.45) is 0. The van der Waals surface area contributed by atoms with Gasteiger partial charge in [0.15, 0.2) is 0 Å². The molecule has 0 fully saturated rings. The first-order valence-corrected chi connectivity index (χ1v) is 6.64. The summed E-state index contributed by atoms with van der Waals surface area (Å²) in [5, 5.41) is 11.6. The van der Waals surface area contributed by atoms with Crippen LogP contribution in [0.25, 0.3) is 0 Å². The minimum absolute atomic E-state index is 0.213. The van der Waals surface area contributed by atoms with Crippen LogP contribution in [0.1, 0.15) is 33.0 Å². The summed E-state index contributed by atoms with van der Waals surface area (Å²) in [4.78, 5) is 12.3. The van der Waals surface area contributed by atoms with E-state index in [1.165, 1.54) is 0 Å². The van der Waals surface area contributed by atoms with Crippen molar-refractivity contribution >= 4 is 5.91 Å². The molecule has 0 aliphatic carbocycles. The van der Waals surface area contributed by atoms with Crippen molar-refractivity contribution in [2.75, 3.05) is 6.61 Å². The molecule has 0 saturated carbocycles. The Morgan fingerprint density at radius 1 is 1.29 bits per heavy atom. The molecule has 0 atom stereocenters. The Hall–Kier alpha value is -2.51. The summed E-state index contributed by atoms with van der Waals surface area (Å²) in [5.41, 5.74) is 2.07. The second-order valence-electron chi connectivity index (χ2n) is 4.70. The Labute approximate surface area is 123 Å². The molecule has 1 heterocycles. The smallest absolute Gasteiger partial charge is 0.252 e. The second kappa shape index (κ2) is 6.78. The molecule has 4 heteroatoms. The lowest BCUT2D eigenvalue weighted by molar-refractivity contribution is 0.0947. The van der Waals surface area contributed by atoms with Crippen molar-refractivity contribution in [2.45, 2.75) is 20.4 Å². The fourth-order valence-electron chi connectivity index (χ4n) is 1.93. The molecule has 0 unspecified atom stereocenters. The van der Waals surface area contributed by atoms with Gasteiger partial charge in [0.1, 0.15) is 18.1 Å². The fraction of sp³-hybridized carbons (Fsp3) is 0.235. The van der Waals surface area contributed by atoms with E-state index in [9.17, 15) is 4.79 Å². The molecular formula is C17H17NO3. The standard InChI is InChI=1S/C17H17NO3/c1-12-5-7-14(4-3-9-19)16(10-12)17(20)18-11-15-8-6-13(2)21-15/h5-8,10,19H,9,11H2,1-2H3,(H,18,20). The number of hydrogen-bond acceptors (Lipinski definition) is 3. The van der Waals surface area contributed by atoms with Gasteiger partial charge in [-0.1, -0.05) is 23.5 Å². The molecule has 0 saturated heterocycles. The van der Waals surface area contributed by atoms with Crippen molar-refractivity contribution in [3.63, 3.8) is 0 Å². The van der Waals surface area contributed by atoms with Crippen LogP contribution in [0, 0.1) is 25.7 Å². The Kier molecular flexibility index (Phi) is 4.81. The number of rotatable bonds is 3. The summed E-state index contributed by atoms with van der Waals surface area (Å²) in [5.74, 6) is 6.65. The summed E-state index contributed by atoms with van der Waals surface area (Å²) in [6, 6.07) is 9.13. The third-order valence-electron chi connectivity index (χ3n) is 2.94. The number of amides is 1. The molecule has 0 bridgehead atoms.